The lowest BCUT2D eigenvalue weighted by molar-refractivity contribution is -0.121. The first-order valence-electron chi connectivity index (χ1n) is 9.09. The summed E-state index contributed by atoms with van der Waals surface area (Å²) in [5, 5.41) is 5.11. The van der Waals surface area contributed by atoms with Crippen LogP contribution in [0.5, 0.6) is 5.75 Å². The van der Waals surface area contributed by atoms with Crippen molar-refractivity contribution in [2.24, 2.45) is 0 Å². The smallest absolute Gasteiger partial charge is 0.321 e. The van der Waals surface area contributed by atoms with Crippen molar-refractivity contribution < 1.29 is 14.3 Å². The van der Waals surface area contributed by atoms with Crippen LogP contribution in [-0.4, -0.2) is 61.7 Å². The predicted molar refractivity (Wildman–Crippen MR) is 103 cm³/mol. The van der Waals surface area contributed by atoms with E-state index in [4.69, 9.17) is 4.74 Å². The molecule has 1 aromatic rings. The van der Waals surface area contributed by atoms with Crippen molar-refractivity contribution in [3.05, 3.63) is 24.3 Å². The van der Waals surface area contributed by atoms with Crippen molar-refractivity contribution in [1.82, 2.24) is 15.5 Å². The van der Waals surface area contributed by atoms with Crippen LogP contribution in [-0.2, 0) is 4.79 Å². The van der Waals surface area contributed by atoms with E-state index in [-0.39, 0.29) is 18.0 Å². The first-order chi connectivity index (χ1) is 12.3. The van der Waals surface area contributed by atoms with E-state index >= 15 is 0 Å². The van der Waals surface area contributed by atoms with Gasteiger partial charge in [0, 0.05) is 31.7 Å². The fourth-order valence-corrected chi connectivity index (χ4v) is 2.88. The highest BCUT2D eigenvalue weighted by atomic mass is 16.5. The molecule has 2 N–H and O–H groups in total. The zero-order chi connectivity index (χ0) is 19.2. The number of nitrogens with zero attached hydrogens (tertiary/aromatic N) is 2. The van der Waals surface area contributed by atoms with Crippen LogP contribution < -0.4 is 20.3 Å². The minimum Gasteiger partial charge on any atom is -0.492 e. The monoisotopic (exact) mass is 362 g/mol. The molecule has 0 atom stereocenters. The number of hydrogen-bond acceptors (Lipinski definition) is 5. The van der Waals surface area contributed by atoms with E-state index in [2.05, 4.69) is 26.5 Å². The number of imide groups is 1. The molecule has 7 heteroatoms. The van der Waals surface area contributed by atoms with E-state index in [1.165, 1.54) is 0 Å². The molecule has 26 heavy (non-hydrogen) atoms. The van der Waals surface area contributed by atoms with Gasteiger partial charge in [-0.15, -0.1) is 0 Å². The maximum atomic E-state index is 12.1. The number of piperazine rings is 1. The summed E-state index contributed by atoms with van der Waals surface area (Å²) in [5.74, 6) is 0.606. The summed E-state index contributed by atoms with van der Waals surface area (Å²) in [6.45, 7) is 11.6. The van der Waals surface area contributed by atoms with Gasteiger partial charge in [-0.2, -0.15) is 0 Å². The number of urea groups is 1. The van der Waals surface area contributed by atoms with Gasteiger partial charge in [0.2, 0.25) is 5.91 Å². The largest absolute Gasteiger partial charge is 0.492 e. The highest BCUT2D eigenvalue weighted by molar-refractivity contribution is 5.95. The summed E-state index contributed by atoms with van der Waals surface area (Å²) < 4.78 is 5.70. The SMILES string of the molecule is CCOc1ccccc1N1CCN(CC(=O)NC(=O)NC(C)(C)C)CC1. The molecule has 0 unspecified atom stereocenters. The molecule has 1 fully saturated rings. The molecule has 1 heterocycles. The quantitative estimate of drug-likeness (QED) is 0.836. The van der Waals surface area contributed by atoms with Crippen molar-refractivity contribution in [3.63, 3.8) is 0 Å². The molecule has 1 aliphatic rings. The number of benzene rings is 1. The molecule has 0 bridgehead atoms. The second kappa shape index (κ2) is 8.89. The highest BCUT2D eigenvalue weighted by Crippen LogP contribution is 2.28. The molecule has 3 amide bonds. The number of amides is 3. The second-order valence-corrected chi connectivity index (χ2v) is 7.42. The highest BCUT2D eigenvalue weighted by Gasteiger charge is 2.22. The Hall–Kier alpha value is -2.28. The van der Waals surface area contributed by atoms with Crippen LogP contribution in [0.2, 0.25) is 0 Å². The standard InChI is InChI=1S/C19H30N4O3/c1-5-26-16-9-7-6-8-15(16)23-12-10-22(11-13-23)14-17(24)20-18(25)21-19(2,3)4/h6-9H,5,10-14H2,1-4H3,(H2,20,21,24,25). The van der Waals surface area contributed by atoms with Crippen LogP contribution >= 0.6 is 0 Å². The summed E-state index contributed by atoms with van der Waals surface area (Å²) >= 11 is 0. The van der Waals surface area contributed by atoms with Gasteiger partial charge in [0.1, 0.15) is 5.75 Å². The van der Waals surface area contributed by atoms with Crippen LogP contribution in [0.1, 0.15) is 27.7 Å². The first kappa shape index (κ1) is 20.0. The molecule has 7 nitrogen and oxygen atoms in total. The van der Waals surface area contributed by atoms with Crippen LogP contribution in [0.4, 0.5) is 10.5 Å². The molecular weight excluding hydrogens is 332 g/mol. The van der Waals surface area contributed by atoms with Gasteiger partial charge in [-0.25, -0.2) is 4.79 Å². The molecule has 2 rings (SSSR count). The summed E-state index contributed by atoms with van der Waals surface area (Å²) in [4.78, 5) is 28.1. The zero-order valence-electron chi connectivity index (χ0n) is 16.2. The van der Waals surface area contributed by atoms with E-state index in [0.717, 1.165) is 37.6 Å². The average Bonchev–Trinajstić information content (AvgIpc) is 2.54. The zero-order valence-corrected chi connectivity index (χ0v) is 16.2. The minimum absolute atomic E-state index is 0.221. The summed E-state index contributed by atoms with van der Waals surface area (Å²) in [6.07, 6.45) is 0. The Kier molecular flexibility index (Phi) is 6.85. The Labute approximate surface area is 155 Å². The molecular formula is C19H30N4O3. The van der Waals surface area contributed by atoms with Gasteiger partial charge < -0.3 is 15.0 Å². The van der Waals surface area contributed by atoms with E-state index < -0.39 is 6.03 Å². The summed E-state index contributed by atoms with van der Waals surface area (Å²) in [6, 6.07) is 7.56. The Morgan fingerprint density at radius 1 is 1.12 bits per heavy atom. The number of carbonyl (C=O) groups is 2. The Morgan fingerprint density at radius 3 is 2.38 bits per heavy atom. The van der Waals surface area contributed by atoms with Gasteiger partial charge in [-0.05, 0) is 39.8 Å². The molecule has 1 saturated heterocycles. The molecule has 0 saturated carbocycles. The lowest BCUT2D eigenvalue weighted by atomic mass is 10.1. The number of nitrogens with one attached hydrogen (secondary N) is 2. The van der Waals surface area contributed by atoms with Crippen LogP contribution in [0, 0.1) is 0 Å². The Balaban J connectivity index is 1.82. The van der Waals surface area contributed by atoms with Crippen LogP contribution in [0.25, 0.3) is 0 Å². The molecule has 0 spiro atoms. The Bertz CT molecular complexity index is 619. The van der Waals surface area contributed by atoms with Gasteiger partial charge in [0.15, 0.2) is 0 Å². The van der Waals surface area contributed by atoms with Crippen LogP contribution in [0.3, 0.4) is 0 Å². The van der Waals surface area contributed by atoms with Gasteiger partial charge in [0.05, 0.1) is 18.8 Å². The predicted octanol–water partition coefficient (Wildman–Crippen LogP) is 1.83. The topological polar surface area (TPSA) is 73.9 Å². The molecule has 0 aliphatic carbocycles. The first-order valence-corrected chi connectivity index (χ1v) is 9.09. The van der Waals surface area contributed by atoms with E-state index in [0.29, 0.717) is 6.61 Å². The maximum absolute atomic E-state index is 12.1. The van der Waals surface area contributed by atoms with Crippen molar-refractivity contribution in [2.45, 2.75) is 33.2 Å². The van der Waals surface area contributed by atoms with Gasteiger partial charge in [0.25, 0.3) is 0 Å². The van der Waals surface area contributed by atoms with Crippen molar-refractivity contribution >= 4 is 17.6 Å². The second-order valence-electron chi connectivity index (χ2n) is 7.42. The van der Waals surface area contributed by atoms with E-state index in [1.807, 2.05) is 45.9 Å². The third-order valence-electron chi connectivity index (χ3n) is 3.99. The number of para-hydroxylation sites is 2. The molecule has 1 aromatic carbocycles. The lowest BCUT2D eigenvalue weighted by Crippen LogP contribution is -2.53. The normalized spacial score (nSPS) is 15.5. The minimum atomic E-state index is -0.452. The number of anilines is 1. The molecule has 144 valence electrons. The number of carbonyl (C=O) groups excluding carboxylic acids is 2. The number of ether oxygens (including phenoxy) is 1. The van der Waals surface area contributed by atoms with Crippen molar-refractivity contribution in [1.29, 1.82) is 0 Å². The van der Waals surface area contributed by atoms with Crippen molar-refractivity contribution in [2.75, 3.05) is 44.2 Å². The van der Waals surface area contributed by atoms with E-state index in [1.54, 1.807) is 0 Å². The fraction of sp³-hybridized carbons (Fsp3) is 0.579. The third kappa shape index (κ3) is 6.22. The third-order valence-corrected chi connectivity index (χ3v) is 3.99. The maximum Gasteiger partial charge on any atom is 0.321 e. The van der Waals surface area contributed by atoms with Crippen molar-refractivity contribution in [3.8, 4) is 5.75 Å². The molecule has 1 aliphatic heterocycles. The van der Waals surface area contributed by atoms with Gasteiger partial charge >= 0.3 is 6.03 Å². The Morgan fingerprint density at radius 2 is 1.77 bits per heavy atom. The van der Waals surface area contributed by atoms with Gasteiger partial charge in [-0.1, -0.05) is 12.1 Å². The lowest BCUT2D eigenvalue weighted by Gasteiger charge is -2.36. The average molecular weight is 362 g/mol. The van der Waals surface area contributed by atoms with Gasteiger partial charge in [-0.3, -0.25) is 15.0 Å². The number of hydrogen-bond donors (Lipinski definition) is 2. The fourth-order valence-electron chi connectivity index (χ4n) is 2.88. The van der Waals surface area contributed by atoms with Crippen LogP contribution in [0.15, 0.2) is 24.3 Å². The number of rotatable bonds is 5. The molecule has 0 aromatic heterocycles. The van der Waals surface area contributed by atoms with E-state index in [9.17, 15) is 9.59 Å². The summed E-state index contributed by atoms with van der Waals surface area (Å²) in [5.41, 5.74) is 0.715. The summed E-state index contributed by atoms with van der Waals surface area (Å²) in [7, 11) is 0. The molecule has 0 radical (unpaired) electrons.